The number of benzene rings is 2. The summed E-state index contributed by atoms with van der Waals surface area (Å²) in [7, 11) is 1.62. The molecule has 27 heavy (non-hydrogen) atoms. The summed E-state index contributed by atoms with van der Waals surface area (Å²) in [5, 5.41) is 17.8. The van der Waals surface area contributed by atoms with Crippen LogP contribution in [0.4, 0.5) is 10.5 Å². The number of amides is 3. The quantitative estimate of drug-likeness (QED) is 0.604. The van der Waals surface area contributed by atoms with Gasteiger partial charge in [-0.2, -0.15) is 0 Å². The maximum Gasteiger partial charge on any atom is 0.319 e. The van der Waals surface area contributed by atoms with Crippen LogP contribution in [0.1, 0.15) is 31.4 Å². The summed E-state index contributed by atoms with van der Waals surface area (Å²) in [6, 6.07) is 14.1. The average molecular weight is 369 g/mol. The molecule has 4 N–H and O–H groups in total. The number of rotatable bonds is 7. The fraction of sp³-hybridized carbons (Fsp3) is 0.333. The molecule has 144 valence electrons. The second kappa shape index (κ2) is 9.07. The molecule has 0 unspecified atom stereocenters. The van der Waals surface area contributed by atoms with Gasteiger partial charge in [-0.15, -0.1) is 0 Å². The summed E-state index contributed by atoms with van der Waals surface area (Å²) in [5.74, 6) is 0.209. The molecule has 0 aliphatic carbocycles. The summed E-state index contributed by atoms with van der Waals surface area (Å²) < 4.78 is 0. The van der Waals surface area contributed by atoms with Gasteiger partial charge in [0.15, 0.2) is 0 Å². The Morgan fingerprint density at radius 1 is 1.04 bits per heavy atom. The van der Waals surface area contributed by atoms with E-state index in [-0.39, 0.29) is 17.7 Å². The van der Waals surface area contributed by atoms with E-state index in [1.54, 1.807) is 19.2 Å². The smallest absolute Gasteiger partial charge is 0.319 e. The highest BCUT2D eigenvalue weighted by Gasteiger charge is 2.21. The molecule has 0 saturated carbocycles. The summed E-state index contributed by atoms with van der Waals surface area (Å²) >= 11 is 0. The molecule has 0 spiro atoms. The summed E-state index contributed by atoms with van der Waals surface area (Å²) in [4.78, 5) is 23.7. The number of carbonyl (C=O) groups is 2. The number of phenolic OH excluding ortho intramolecular Hbond substituents is 1. The SMILES string of the molecule is CNC(=O)CCc1cccc(NC(=O)NC(C)(C)Cc2ccc(O)cc2)c1. The molecule has 6 nitrogen and oxygen atoms in total. The highest BCUT2D eigenvalue weighted by Crippen LogP contribution is 2.17. The minimum atomic E-state index is -0.460. The summed E-state index contributed by atoms with van der Waals surface area (Å²) in [6.07, 6.45) is 1.65. The van der Waals surface area contributed by atoms with Crippen LogP contribution in [0.2, 0.25) is 0 Å². The Bertz CT molecular complexity index is 786. The van der Waals surface area contributed by atoms with Crippen LogP contribution in [0.15, 0.2) is 48.5 Å². The minimum absolute atomic E-state index is 0.0120. The zero-order valence-electron chi connectivity index (χ0n) is 16.0. The predicted octanol–water partition coefficient (Wildman–Crippen LogP) is 3.21. The lowest BCUT2D eigenvalue weighted by Crippen LogP contribution is -2.47. The van der Waals surface area contributed by atoms with Crippen LogP contribution in [-0.4, -0.2) is 29.6 Å². The zero-order chi connectivity index (χ0) is 19.9. The fourth-order valence-corrected chi connectivity index (χ4v) is 2.83. The topological polar surface area (TPSA) is 90.5 Å². The first-order valence-corrected chi connectivity index (χ1v) is 8.94. The van der Waals surface area contributed by atoms with Gasteiger partial charge in [-0.3, -0.25) is 4.79 Å². The van der Waals surface area contributed by atoms with Crippen LogP contribution in [0.3, 0.4) is 0 Å². The zero-order valence-corrected chi connectivity index (χ0v) is 16.0. The van der Waals surface area contributed by atoms with E-state index in [4.69, 9.17) is 0 Å². The molecular formula is C21H27N3O3. The summed E-state index contributed by atoms with van der Waals surface area (Å²) in [5.41, 5.74) is 2.23. The van der Waals surface area contributed by atoms with E-state index in [2.05, 4.69) is 16.0 Å². The average Bonchev–Trinajstić information content (AvgIpc) is 2.61. The molecule has 2 aromatic rings. The van der Waals surface area contributed by atoms with Gasteiger partial charge in [-0.25, -0.2) is 4.79 Å². The molecule has 2 rings (SSSR count). The Kier molecular flexibility index (Phi) is 6.82. The molecule has 0 heterocycles. The Hall–Kier alpha value is -3.02. The third-order valence-corrected chi connectivity index (χ3v) is 4.14. The summed E-state index contributed by atoms with van der Waals surface area (Å²) in [6.45, 7) is 3.89. The molecule has 0 aliphatic rings. The van der Waals surface area contributed by atoms with Gasteiger partial charge in [0.1, 0.15) is 5.75 Å². The van der Waals surface area contributed by atoms with E-state index in [1.165, 1.54) is 0 Å². The minimum Gasteiger partial charge on any atom is -0.508 e. The van der Waals surface area contributed by atoms with E-state index in [0.717, 1.165) is 11.1 Å². The van der Waals surface area contributed by atoms with Gasteiger partial charge in [0.05, 0.1) is 0 Å². The van der Waals surface area contributed by atoms with Crippen molar-refractivity contribution in [1.82, 2.24) is 10.6 Å². The number of carbonyl (C=O) groups excluding carboxylic acids is 2. The molecule has 0 atom stereocenters. The van der Waals surface area contributed by atoms with Crippen molar-refractivity contribution in [2.24, 2.45) is 0 Å². The van der Waals surface area contributed by atoms with E-state index in [9.17, 15) is 14.7 Å². The first kappa shape index (κ1) is 20.3. The van der Waals surface area contributed by atoms with Crippen molar-refractivity contribution >= 4 is 17.6 Å². The fourth-order valence-electron chi connectivity index (χ4n) is 2.83. The second-order valence-electron chi connectivity index (χ2n) is 7.18. The molecule has 3 amide bonds. The number of anilines is 1. The highest BCUT2D eigenvalue weighted by atomic mass is 16.3. The van der Waals surface area contributed by atoms with Gasteiger partial charge >= 0.3 is 6.03 Å². The van der Waals surface area contributed by atoms with E-state index in [1.807, 2.05) is 50.2 Å². The van der Waals surface area contributed by atoms with E-state index < -0.39 is 5.54 Å². The lowest BCUT2D eigenvalue weighted by molar-refractivity contribution is -0.120. The molecule has 0 fully saturated rings. The van der Waals surface area contributed by atoms with Crippen molar-refractivity contribution in [3.63, 3.8) is 0 Å². The number of aryl methyl sites for hydroxylation is 1. The van der Waals surface area contributed by atoms with Crippen LogP contribution >= 0.6 is 0 Å². The number of hydrogen-bond donors (Lipinski definition) is 4. The molecule has 6 heteroatoms. The van der Waals surface area contributed by atoms with Crippen molar-refractivity contribution in [3.8, 4) is 5.75 Å². The molecule has 0 radical (unpaired) electrons. The molecular weight excluding hydrogens is 342 g/mol. The van der Waals surface area contributed by atoms with Crippen molar-refractivity contribution < 1.29 is 14.7 Å². The van der Waals surface area contributed by atoms with Gasteiger partial charge in [0.2, 0.25) is 5.91 Å². The molecule has 0 aromatic heterocycles. The van der Waals surface area contributed by atoms with Gasteiger partial charge < -0.3 is 21.1 Å². The predicted molar refractivity (Wildman–Crippen MR) is 107 cm³/mol. The number of nitrogens with one attached hydrogen (secondary N) is 3. The third kappa shape index (κ3) is 7.01. The lowest BCUT2D eigenvalue weighted by atomic mass is 9.95. The van der Waals surface area contributed by atoms with Gasteiger partial charge in [-0.05, 0) is 62.1 Å². The highest BCUT2D eigenvalue weighted by molar-refractivity contribution is 5.89. The van der Waals surface area contributed by atoms with Crippen LogP contribution in [0, 0.1) is 0 Å². The Morgan fingerprint density at radius 2 is 1.74 bits per heavy atom. The van der Waals surface area contributed by atoms with Crippen LogP contribution < -0.4 is 16.0 Å². The van der Waals surface area contributed by atoms with E-state index in [0.29, 0.717) is 24.9 Å². The lowest BCUT2D eigenvalue weighted by Gasteiger charge is -2.26. The standard InChI is InChI=1S/C21H27N3O3/c1-21(2,14-16-7-10-18(25)11-8-16)24-20(27)23-17-6-4-5-15(13-17)9-12-19(26)22-3/h4-8,10-11,13,25H,9,12,14H2,1-3H3,(H,22,26)(H2,23,24,27). The number of aromatic hydroxyl groups is 1. The Balaban J connectivity index is 1.92. The van der Waals surface area contributed by atoms with Gasteiger partial charge in [0.25, 0.3) is 0 Å². The molecule has 0 bridgehead atoms. The van der Waals surface area contributed by atoms with Crippen LogP contribution in [-0.2, 0) is 17.6 Å². The normalized spacial score (nSPS) is 10.9. The van der Waals surface area contributed by atoms with Gasteiger partial charge in [0, 0.05) is 24.7 Å². The van der Waals surface area contributed by atoms with Gasteiger partial charge in [-0.1, -0.05) is 24.3 Å². The largest absolute Gasteiger partial charge is 0.508 e. The maximum absolute atomic E-state index is 12.4. The Morgan fingerprint density at radius 3 is 2.41 bits per heavy atom. The van der Waals surface area contributed by atoms with E-state index >= 15 is 0 Å². The third-order valence-electron chi connectivity index (χ3n) is 4.14. The number of urea groups is 1. The van der Waals surface area contributed by atoms with Crippen LogP contribution in [0.25, 0.3) is 0 Å². The second-order valence-corrected chi connectivity index (χ2v) is 7.18. The number of hydrogen-bond acceptors (Lipinski definition) is 3. The van der Waals surface area contributed by atoms with Crippen LogP contribution in [0.5, 0.6) is 5.75 Å². The Labute approximate surface area is 160 Å². The molecule has 0 saturated heterocycles. The monoisotopic (exact) mass is 369 g/mol. The van der Waals surface area contributed by atoms with Crippen molar-refractivity contribution in [2.75, 3.05) is 12.4 Å². The molecule has 0 aliphatic heterocycles. The van der Waals surface area contributed by atoms with Crippen molar-refractivity contribution in [3.05, 3.63) is 59.7 Å². The van der Waals surface area contributed by atoms with Crippen molar-refractivity contribution in [1.29, 1.82) is 0 Å². The molecule has 2 aromatic carbocycles. The first-order chi connectivity index (χ1) is 12.8. The first-order valence-electron chi connectivity index (χ1n) is 8.94. The number of phenols is 1. The maximum atomic E-state index is 12.4. The van der Waals surface area contributed by atoms with Crippen molar-refractivity contribution in [2.45, 2.75) is 38.6 Å².